The first-order chi connectivity index (χ1) is 5.39. The van der Waals surface area contributed by atoms with Crippen LogP contribution < -0.4 is 0 Å². The molecule has 0 amide bonds. The molecule has 12 heavy (non-hydrogen) atoms. The molecular weight excluding hydrogens is 210 g/mol. The molecular formula is C4H10FO5PS. The van der Waals surface area contributed by atoms with Crippen molar-refractivity contribution >= 4 is 17.4 Å². The van der Waals surface area contributed by atoms with Gasteiger partial charge in [0.15, 0.2) is 21.3 Å². The van der Waals surface area contributed by atoms with Crippen LogP contribution in [0, 0.1) is 0 Å². The predicted molar refractivity (Wildman–Crippen MR) is 41.4 cm³/mol. The molecule has 0 aromatic heterocycles. The summed E-state index contributed by atoms with van der Waals surface area (Å²) in [7, 11) is -5.55. The van der Waals surface area contributed by atoms with Crippen molar-refractivity contribution in [1.29, 1.82) is 0 Å². The Morgan fingerprint density at radius 3 is 2.00 bits per heavy atom. The minimum Gasteiger partial charge on any atom is -0.311 e. The van der Waals surface area contributed by atoms with Gasteiger partial charge in [-0.15, -0.1) is 0 Å². The van der Waals surface area contributed by atoms with E-state index in [-0.39, 0.29) is 0 Å². The van der Waals surface area contributed by atoms with Crippen molar-refractivity contribution < 1.29 is 26.4 Å². The molecule has 0 atom stereocenters. The lowest BCUT2D eigenvalue weighted by Crippen LogP contribution is -2.10. The fourth-order valence-corrected chi connectivity index (χ4v) is 3.65. The van der Waals surface area contributed by atoms with Crippen LogP contribution in [0.1, 0.15) is 0 Å². The summed E-state index contributed by atoms with van der Waals surface area (Å²) >= 11 is 0. The third kappa shape index (κ3) is 3.62. The first-order valence-electron chi connectivity index (χ1n) is 2.86. The van der Waals surface area contributed by atoms with Gasteiger partial charge in [-0.1, -0.05) is 0 Å². The molecule has 0 rings (SSSR count). The zero-order chi connectivity index (χ0) is 9.83. The maximum Gasteiger partial charge on any atom is 0.345 e. The molecule has 0 aliphatic rings. The largest absolute Gasteiger partial charge is 0.345 e. The van der Waals surface area contributed by atoms with Crippen LogP contribution in [-0.2, 0) is 23.4 Å². The number of halogens is 1. The molecule has 5 nitrogen and oxygen atoms in total. The van der Waals surface area contributed by atoms with Gasteiger partial charge in [-0.3, -0.25) is 4.57 Å². The quantitative estimate of drug-likeness (QED) is 0.640. The summed E-state index contributed by atoms with van der Waals surface area (Å²) < 4.78 is 52.8. The van der Waals surface area contributed by atoms with Gasteiger partial charge in [0.05, 0.1) is 0 Å². The molecule has 0 saturated heterocycles. The molecule has 74 valence electrons. The highest BCUT2D eigenvalue weighted by Gasteiger charge is 2.29. The number of hydrogen-bond donors (Lipinski definition) is 0. The highest BCUT2D eigenvalue weighted by molar-refractivity contribution is 7.97. The minimum absolute atomic E-state index is 0.927. The minimum atomic E-state index is -3.98. The Morgan fingerprint density at radius 2 is 1.75 bits per heavy atom. The van der Waals surface area contributed by atoms with Gasteiger partial charge in [-0.25, -0.2) is 12.8 Å². The van der Waals surface area contributed by atoms with E-state index in [1.54, 1.807) is 0 Å². The van der Waals surface area contributed by atoms with Crippen LogP contribution in [0.3, 0.4) is 0 Å². The lowest BCUT2D eigenvalue weighted by Gasteiger charge is -2.11. The molecule has 0 unspecified atom stereocenters. The van der Waals surface area contributed by atoms with E-state index in [9.17, 15) is 17.4 Å². The molecule has 0 bridgehead atoms. The second-order valence-electron chi connectivity index (χ2n) is 1.96. The molecule has 0 aliphatic heterocycles. The number of alkyl halides is 1. The molecule has 0 radical (unpaired) electrons. The molecule has 0 aromatic rings. The smallest absolute Gasteiger partial charge is 0.311 e. The van der Waals surface area contributed by atoms with Gasteiger partial charge in [0.1, 0.15) is 0 Å². The van der Waals surface area contributed by atoms with Crippen LogP contribution in [0.4, 0.5) is 4.39 Å². The van der Waals surface area contributed by atoms with Crippen molar-refractivity contribution in [1.82, 2.24) is 0 Å². The summed E-state index contributed by atoms with van der Waals surface area (Å²) in [5, 5.41) is 0. The molecule has 0 saturated carbocycles. The van der Waals surface area contributed by atoms with Crippen LogP contribution in [0.25, 0.3) is 0 Å². The zero-order valence-electron chi connectivity index (χ0n) is 6.69. The standard InChI is InChI=1S/C4H10FO5PS/c1-9-11(6,10-2)4-12(7,8)3-5/h3-4H2,1-2H3. The van der Waals surface area contributed by atoms with Gasteiger partial charge in [0.25, 0.3) is 0 Å². The van der Waals surface area contributed by atoms with E-state index in [1.165, 1.54) is 0 Å². The first-order valence-corrected chi connectivity index (χ1v) is 6.41. The van der Waals surface area contributed by atoms with Gasteiger partial charge in [0.2, 0.25) is 0 Å². The van der Waals surface area contributed by atoms with E-state index in [0.29, 0.717) is 0 Å². The van der Waals surface area contributed by atoms with Crippen molar-refractivity contribution in [3.63, 3.8) is 0 Å². The van der Waals surface area contributed by atoms with Gasteiger partial charge in [-0.2, -0.15) is 0 Å². The average molecular weight is 220 g/mol. The van der Waals surface area contributed by atoms with E-state index in [4.69, 9.17) is 0 Å². The Balaban J connectivity index is 4.54. The third-order valence-corrected chi connectivity index (χ3v) is 5.36. The van der Waals surface area contributed by atoms with E-state index < -0.39 is 28.9 Å². The summed E-state index contributed by atoms with van der Waals surface area (Å²) in [6, 6.07) is -1.57. The average Bonchev–Trinajstić information content (AvgIpc) is 2.04. The molecule has 8 heteroatoms. The van der Waals surface area contributed by atoms with E-state index in [0.717, 1.165) is 14.2 Å². The topological polar surface area (TPSA) is 69.7 Å². The second-order valence-corrected chi connectivity index (χ2v) is 6.65. The van der Waals surface area contributed by atoms with Crippen LogP contribution in [-0.4, -0.2) is 34.1 Å². The molecule has 0 N–H and O–H groups in total. The van der Waals surface area contributed by atoms with Gasteiger partial charge in [-0.05, 0) is 0 Å². The maximum atomic E-state index is 11.8. The number of hydrogen-bond acceptors (Lipinski definition) is 5. The van der Waals surface area contributed by atoms with E-state index in [1.807, 2.05) is 0 Å². The Bertz CT molecular complexity index is 265. The molecule has 0 aliphatic carbocycles. The van der Waals surface area contributed by atoms with Gasteiger partial charge in [0, 0.05) is 14.2 Å². The van der Waals surface area contributed by atoms with Gasteiger partial charge < -0.3 is 9.05 Å². The molecule has 0 aromatic carbocycles. The summed E-state index contributed by atoms with van der Waals surface area (Å²) in [5.41, 5.74) is -0.927. The Hall–Kier alpha value is 0.0300. The van der Waals surface area contributed by atoms with Crippen LogP contribution in [0.5, 0.6) is 0 Å². The highest BCUT2D eigenvalue weighted by atomic mass is 32.2. The lowest BCUT2D eigenvalue weighted by molar-refractivity contribution is 0.280. The van der Waals surface area contributed by atoms with Crippen molar-refractivity contribution in [2.24, 2.45) is 0 Å². The molecule has 0 spiro atoms. The third-order valence-electron chi connectivity index (χ3n) is 1.08. The van der Waals surface area contributed by atoms with Crippen molar-refractivity contribution in [2.75, 3.05) is 25.7 Å². The predicted octanol–water partition coefficient (Wildman–Crippen LogP) is 0.772. The fraction of sp³-hybridized carbons (Fsp3) is 1.00. The summed E-state index contributed by atoms with van der Waals surface area (Å²) in [6.45, 7) is 0. The van der Waals surface area contributed by atoms with E-state index in [2.05, 4.69) is 9.05 Å². The maximum absolute atomic E-state index is 11.8. The van der Waals surface area contributed by atoms with Crippen LogP contribution in [0.15, 0.2) is 0 Å². The van der Waals surface area contributed by atoms with Gasteiger partial charge >= 0.3 is 7.60 Å². The monoisotopic (exact) mass is 220 g/mol. The second kappa shape index (κ2) is 4.32. The molecule has 0 heterocycles. The van der Waals surface area contributed by atoms with Crippen molar-refractivity contribution in [2.45, 2.75) is 0 Å². The first kappa shape index (κ1) is 12.0. The zero-order valence-corrected chi connectivity index (χ0v) is 8.40. The normalized spacial score (nSPS) is 13.2. The molecule has 0 fully saturated rings. The fourth-order valence-electron chi connectivity index (χ4n) is 0.455. The lowest BCUT2D eigenvalue weighted by atomic mass is 11.8. The Morgan fingerprint density at radius 1 is 1.33 bits per heavy atom. The highest BCUT2D eigenvalue weighted by Crippen LogP contribution is 2.47. The van der Waals surface area contributed by atoms with E-state index >= 15 is 0 Å². The van der Waals surface area contributed by atoms with Crippen molar-refractivity contribution in [3.05, 3.63) is 0 Å². The summed E-state index contributed by atoms with van der Waals surface area (Å²) in [5.74, 6) is 0. The van der Waals surface area contributed by atoms with Crippen LogP contribution in [0.2, 0.25) is 0 Å². The Kier molecular flexibility index (Phi) is 4.33. The SMILES string of the molecule is COP(=O)(CS(=O)(=O)CF)OC. The van der Waals surface area contributed by atoms with Crippen LogP contribution >= 0.6 is 7.60 Å². The summed E-state index contributed by atoms with van der Waals surface area (Å²) in [6.07, 6.45) is 0. The van der Waals surface area contributed by atoms with Crippen molar-refractivity contribution in [3.8, 4) is 0 Å². The number of rotatable bonds is 5. The Labute approximate surface area is 70.3 Å². The summed E-state index contributed by atoms with van der Waals surface area (Å²) in [4.78, 5) is 0. The number of sulfone groups is 1.